The van der Waals surface area contributed by atoms with E-state index in [4.69, 9.17) is 9.73 Å². The van der Waals surface area contributed by atoms with Crippen molar-refractivity contribution >= 4 is 21.7 Å². The molecule has 3 aromatic rings. The van der Waals surface area contributed by atoms with Crippen molar-refractivity contribution < 1.29 is 26.7 Å². The Morgan fingerprint density at radius 2 is 1.50 bits per heavy atom. The van der Waals surface area contributed by atoms with Gasteiger partial charge in [0.05, 0.1) is 24.0 Å². The fourth-order valence-corrected chi connectivity index (χ4v) is 6.50. The van der Waals surface area contributed by atoms with Gasteiger partial charge in [0, 0.05) is 39.0 Å². The van der Waals surface area contributed by atoms with Crippen LogP contribution in [0.15, 0.2) is 71.7 Å². The minimum absolute atomic E-state index is 0.0562. The highest BCUT2D eigenvalue weighted by Gasteiger charge is 2.45. The molecule has 246 valence electrons. The summed E-state index contributed by atoms with van der Waals surface area (Å²) >= 11 is 0. The van der Waals surface area contributed by atoms with Crippen molar-refractivity contribution in [2.75, 3.05) is 51.3 Å². The Balaban J connectivity index is 1.60. The van der Waals surface area contributed by atoms with Crippen LogP contribution in [0.2, 0.25) is 0 Å². The van der Waals surface area contributed by atoms with Crippen molar-refractivity contribution in [2.45, 2.75) is 45.2 Å². The Bertz CT molecular complexity index is 1680. The quantitative estimate of drug-likeness (QED) is 0.299. The zero-order valence-corrected chi connectivity index (χ0v) is 27.9. The lowest BCUT2D eigenvalue weighted by atomic mass is 9.86. The van der Waals surface area contributed by atoms with Gasteiger partial charge in [-0.1, -0.05) is 51.1 Å². The first-order chi connectivity index (χ1) is 21.7. The molecule has 2 unspecified atom stereocenters. The standard InChI is InChI=1S/C35H42F2N4O4S/c1-6-45-30-23-26(35(2,3)4)11-16-29(30)33-38-31(24-7-12-27(36)13-8-24)32(25-9-14-28(37)15-10-25)41(33)34(42)40-19-17-39(18-20-40)21-22-46(5,43)44/h7-16,23,31-32H,6,17-22H2,1-5H3. The van der Waals surface area contributed by atoms with Crippen molar-refractivity contribution in [2.24, 2.45) is 4.99 Å². The Labute approximate surface area is 270 Å². The van der Waals surface area contributed by atoms with Crippen LogP contribution in [0.1, 0.15) is 62.0 Å². The van der Waals surface area contributed by atoms with Gasteiger partial charge in [0.15, 0.2) is 0 Å². The fraction of sp³-hybridized carbons (Fsp3) is 0.429. The van der Waals surface area contributed by atoms with E-state index in [0.29, 0.717) is 67.6 Å². The van der Waals surface area contributed by atoms with E-state index in [1.807, 2.05) is 30.0 Å². The summed E-state index contributed by atoms with van der Waals surface area (Å²) in [5, 5.41) is 0. The number of sulfone groups is 1. The summed E-state index contributed by atoms with van der Waals surface area (Å²) in [6.07, 6.45) is 1.22. The summed E-state index contributed by atoms with van der Waals surface area (Å²) < 4.78 is 57.8. The topological polar surface area (TPSA) is 82.5 Å². The third kappa shape index (κ3) is 7.58. The molecule has 1 fully saturated rings. The molecule has 0 aliphatic carbocycles. The minimum atomic E-state index is -3.11. The number of amides is 2. The van der Waals surface area contributed by atoms with Crippen molar-refractivity contribution in [1.82, 2.24) is 14.7 Å². The molecule has 0 bridgehead atoms. The number of carbonyl (C=O) groups excluding carboxylic acids is 1. The van der Waals surface area contributed by atoms with Gasteiger partial charge in [-0.25, -0.2) is 22.0 Å². The van der Waals surface area contributed by atoms with E-state index in [2.05, 4.69) is 20.8 Å². The molecule has 0 radical (unpaired) electrons. The summed E-state index contributed by atoms with van der Waals surface area (Å²) in [5.74, 6) is 0.274. The number of hydrogen-bond acceptors (Lipinski definition) is 6. The van der Waals surface area contributed by atoms with Crippen LogP contribution in [0.5, 0.6) is 5.75 Å². The van der Waals surface area contributed by atoms with E-state index in [0.717, 1.165) is 5.56 Å². The fourth-order valence-electron chi connectivity index (χ4n) is 5.91. The molecule has 46 heavy (non-hydrogen) atoms. The lowest BCUT2D eigenvalue weighted by Gasteiger charge is -2.39. The largest absolute Gasteiger partial charge is 0.493 e. The van der Waals surface area contributed by atoms with Crippen molar-refractivity contribution in [1.29, 1.82) is 0 Å². The van der Waals surface area contributed by atoms with Gasteiger partial charge in [-0.3, -0.25) is 14.8 Å². The van der Waals surface area contributed by atoms with Crippen LogP contribution < -0.4 is 4.74 Å². The Hall–Kier alpha value is -3.83. The number of urea groups is 1. The predicted molar refractivity (Wildman–Crippen MR) is 176 cm³/mol. The molecule has 2 atom stereocenters. The number of carbonyl (C=O) groups is 1. The molecule has 0 aromatic heterocycles. The van der Waals surface area contributed by atoms with Gasteiger partial charge in [-0.05, 0) is 65.4 Å². The van der Waals surface area contributed by atoms with Gasteiger partial charge in [0.25, 0.3) is 0 Å². The van der Waals surface area contributed by atoms with Gasteiger partial charge in [-0.15, -0.1) is 0 Å². The van der Waals surface area contributed by atoms with Gasteiger partial charge >= 0.3 is 6.03 Å². The SMILES string of the molecule is CCOc1cc(C(C)(C)C)ccc1C1=NC(c2ccc(F)cc2)C(c2ccc(F)cc2)N1C(=O)N1CCN(CCS(C)(=O)=O)CC1. The number of nitrogens with zero attached hydrogens (tertiary/aromatic N) is 4. The summed E-state index contributed by atoms with van der Waals surface area (Å²) in [7, 11) is -3.11. The van der Waals surface area contributed by atoms with E-state index in [1.165, 1.54) is 30.5 Å². The van der Waals surface area contributed by atoms with Gasteiger partial charge < -0.3 is 9.64 Å². The number of halogens is 2. The molecule has 3 aromatic carbocycles. The first kappa shape index (κ1) is 33.5. The van der Waals surface area contributed by atoms with E-state index >= 15 is 0 Å². The molecule has 2 aliphatic heterocycles. The average Bonchev–Trinajstić information content (AvgIpc) is 3.40. The van der Waals surface area contributed by atoms with Crippen LogP contribution in [0.4, 0.5) is 13.6 Å². The van der Waals surface area contributed by atoms with Crippen LogP contribution in [-0.2, 0) is 15.3 Å². The zero-order chi connectivity index (χ0) is 33.2. The number of benzene rings is 3. The van der Waals surface area contributed by atoms with Crippen LogP contribution in [0, 0.1) is 11.6 Å². The van der Waals surface area contributed by atoms with Gasteiger partial charge in [-0.2, -0.15) is 0 Å². The van der Waals surface area contributed by atoms with Gasteiger partial charge in [0.2, 0.25) is 0 Å². The number of hydrogen-bond donors (Lipinski definition) is 0. The third-order valence-corrected chi connectivity index (χ3v) is 9.43. The second kappa shape index (κ2) is 13.5. The third-order valence-electron chi connectivity index (χ3n) is 8.51. The normalized spacial score (nSPS) is 19.3. The monoisotopic (exact) mass is 652 g/mol. The molecule has 8 nitrogen and oxygen atoms in total. The molecule has 2 aliphatic rings. The molecule has 5 rings (SSSR count). The Morgan fingerprint density at radius 1 is 0.913 bits per heavy atom. The predicted octanol–water partition coefficient (Wildman–Crippen LogP) is 5.99. The lowest BCUT2D eigenvalue weighted by Crippen LogP contribution is -2.54. The summed E-state index contributed by atoms with van der Waals surface area (Å²) in [6.45, 7) is 10.9. The lowest BCUT2D eigenvalue weighted by molar-refractivity contribution is 0.122. The minimum Gasteiger partial charge on any atom is -0.493 e. The van der Waals surface area contributed by atoms with Crippen molar-refractivity contribution in [3.05, 3.63) is 101 Å². The highest BCUT2D eigenvalue weighted by atomic mass is 32.2. The van der Waals surface area contributed by atoms with Crippen LogP contribution in [-0.4, -0.2) is 86.3 Å². The number of piperazine rings is 1. The first-order valence-electron chi connectivity index (χ1n) is 15.6. The van der Waals surface area contributed by atoms with Crippen molar-refractivity contribution in [3.63, 3.8) is 0 Å². The summed E-state index contributed by atoms with van der Waals surface area (Å²) in [6, 6.07) is 16.5. The first-order valence-corrected chi connectivity index (χ1v) is 17.7. The summed E-state index contributed by atoms with van der Waals surface area (Å²) in [5.41, 5.74) is 2.94. The Kier molecular flexibility index (Phi) is 9.83. The highest BCUT2D eigenvalue weighted by Crippen LogP contribution is 2.45. The molecule has 2 heterocycles. The highest BCUT2D eigenvalue weighted by molar-refractivity contribution is 7.90. The smallest absolute Gasteiger partial charge is 0.326 e. The maximum absolute atomic E-state index is 14.7. The maximum atomic E-state index is 14.7. The second-order valence-corrected chi connectivity index (χ2v) is 15.2. The Morgan fingerprint density at radius 3 is 2.04 bits per heavy atom. The molecular formula is C35H42F2N4O4S. The molecule has 0 N–H and O–H groups in total. The zero-order valence-electron chi connectivity index (χ0n) is 27.0. The van der Waals surface area contributed by atoms with E-state index in [-0.39, 0.29) is 23.0 Å². The summed E-state index contributed by atoms with van der Waals surface area (Å²) in [4.78, 5) is 25.3. The van der Waals surface area contributed by atoms with Gasteiger partial charge in [0.1, 0.15) is 39.1 Å². The maximum Gasteiger partial charge on any atom is 0.326 e. The van der Waals surface area contributed by atoms with Crippen LogP contribution in [0.25, 0.3) is 0 Å². The molecular weight excluding hydrogens is 610 g/mol. The molecule has 11 heteroatoms. The van der Waals surface area contributed by atoms with Crippen LogP contribution >= 0.6 is 0 Å². The van der Waals surface area contributed by atoms with E-state index in [1.54, 1.807) is 34.1 Å². The molecule has 1 saturated heterocycles. The van der Waals surface area contributed by atoms with E-state index in [9.17, 15) is 22.0 Å². The van der Waals surface area contributed by atoms with Crippen LogP contribution in [0.3, 0.4) is 0 Å². The second-order valence-electron chi connectivity index (χ2n) is 13.0. The molecule has 0 spiro atoms. The molecule has 2 amide bonds. The van der Waals surface area contributed by atoms with Crippen molar-refractivity contribution in [3.8, 4) is 5.75 Å². The number of ether oxygens (including phenoxy) is 1. The average molecular weight is 653 g/mol. The van der Waals surface area contributed by atoms with E-state index < -0.39 is 27.7 Å². The number of aliphatic imine (C=N–C) groups is 1. The molecule has 0 saturated carbocycles. The number of rotatable bonds is 8. The number of amidine groups is 1.